The van der Waals surface area contributed by atoms with E-state index in [-0.39, 0.29) is 45.5 Å². The van der Waals surface area contributed by atoms with Crippen LogP contribution in [-0.4, -0.2) is 49.7 Å². The largest absolute Gasteiger partial charge is 0.466 e. The summed E-state index contributed by atoms with van der Waals surface area (Å²) in [7, 11) is -3.36. The number of esters is 1. The first kappa shape index (κ1) is 23.5. The fraction of sp³-hybridized carbons (Fsp3) is 0.429. The Morgan fingerprint density at radius 3 is 2.41 bits per heavy atom. The van der Waals surface area contributed by atoms with Gasteiger partial charge in [-0.1, -0.05) is 6.92 Å². The monoisotopic (exact) mass is 463 g/mol. The fourth-order valence-corrected chi connectivity index (χ4v) is 4.39. The van der Waals surface area contributed by atoms with Crippen molar-refractivity contribution in [2.45, 2.75) is 31.6 Å². The molecule has 1 saturated heterocycles. The molecule has 0 N–H and O–H groups in total. The molecule has 0 saturated carbocycles. The lowest BCUT2D eigenvalue weighted by Gasteiger charge is -2.31. The van der Waals surface area contributed by atoms with Crippen molar-refractivity contribution in [2.24, 2.45) is 5.92 Å². The van der Waals surface area contributed by atoms with Gasteiger partial charge in [0.1, 0.15) is 5.75 Å². The maximum atomic E-state index is 12.0. The molecule has 1 aliphatic rings. The molecular formula is C21H25N3O7S. The van der Waals surface area contributed by atoms with Crippen molar-refractivity contribution in [3.8, 4) is 11.5 Å². The summed E-state index contributed by atoms with van der Waals surface area (Å²) in [6, 6.07) is 7.11. The number of benzene rings is 1. The summed E-state index contributed by atoms with van der Waals surface area (Å²) in [5, 5.41) is 11.9. The highest BCUT2D eigenvalue weighted by molar-refractivity contribution is 7.91. The molecule has 0 bridgehead atoms. The molecule has 172 valence electrons. The SMILES string of the molecule is CCOC(=O)C1CCN(c2nccc(Oc3ccc(S(=O)(=O)CC)cc3)c2[N+](=O)[O-])CC1. The van der Waals surface area contributed by atoms with E-state index in [0.29, 0.717) is 32.5 Å². The lowest BCUT2D eigenvalue weighted by atomic mass is 9.97. The number of hydrogen-bond donors (Lipinski definition) is 0. The van der Waals surface area contributed by atoms with Crippen LogP contribution in [0.25, 0.3) is 0 Å². The molecule has 10 nitrogen and oxygen atoms in total. The molecule has 0 unspecified atom stereocenters. The van der Waals surface area contributed by atoms with Gasteiger partial charge in [0.15, 0.2) is 9.84 Å². The first-order chi connectivity index (χ1) is 15.3. The Bertz CT molecular complexity index is 1080. The lowest BCUT2D eigenvalue weighted by Crippen LogP contribution is -2.37. The molecule has 1 aromatic heterocycles. The van der Waals surface area contributed by atoms with Gasteiger partial charge in [0.05, 0.1) is 28.1 Å². The summed E-state index contributed by atoms with van der Waals surface area (Å²) in [5.74, 6) is -0.0815. The minimum Gasteiger partial charge on any atom is -0.466 e. The second kappa shape index (κ2) is 9.94. The van der Waals surface area contributed by atoms with Crippen LogP contribution in [0.2, 0.25) is 0 Å². The van der Waals surface area contributed by atoms with Gasteiger partial charge < -0.3 is 14.4 Å². The second-order valence-electron chi connectivity index (χ2n) is 7.23. The van der Waals surface area contributed by atoms with Crippen molar-refractivity contribution in [1.82, 2.24) is 4.98 Å². The number of pyridine rings is 1. The van der Waals surface area contributed by atoms with Crippen LogP contribution in [0.15, 0.2) is 41.4 Å². The first-order valence-electron chi connectivity index (χ1n) is 10.3. The van der Waals surface area contributed by atoms with Gasteiger partial charge in [0.2, 0.25) is 11.6 Å². The molecule has 3 rings (SSSR count). The van der Waals surface area contributed by atoms with Crippen molar-refractivity contribution in [1.29, 1.82) is 0 Å². The quantitative estimate of drug-likeness (QED) is 0.329. The van der Waals surface area contributed by atoms with Gasteiger partial charge in [-0.2, -0.15) is 0 Å². The molecule has 1 aromatic carbocycles. The van der Waals surface area contributed by atoms with Gasteiger partial charge >= 0.3 is 11.7 Å². The molecule has 2 heterocycles. The summed E-state index contributed by atoms with van der Waals surface area (Å²) in [6.45, 7) is 4.46. The molecule has 11 heteroatoms. The number of aromatic nitrogens is 1. The van der Waals surface area contributed by atoms with Crippen LogP contribution in [0.4, 0.5) is 11.5 Å². The number of carbonyl (C=O) groups is 1. The van der Waals surface area contributed by atoms with Crippen molar-refractivity contribution < 1.29 is 27.6 Å². The topological polar surface area (TPSA) is 129 Å². The van der Waals surface area contributed by atoms with Gasteiger partial charge in [-0.05, 0) is 44.0 Å². The summed E-state index contributed by atoms with van der Waals surface area (Å²) in [5.41, 5.74) is -0.285. The highest BCUT2D eigenvalue weighted by atomic mass is 32.2. The van der Waals surface area contributed by atoms with Gasteiger partial charge in [-0.15, -0.1) is 0 Å². The van der Waals surface area contributed by atoms with E-state index in [1.54, 1.807) is 18.7 Å². The minimum absolute atomic E-state index is 0.00128. The molecule has 0 spiro atoms. The molecule has 1 aliphatic heterocycles. The number of nitrogens with zero attached hydrogens (tertiary/aromatic N) is 3. The van der Waals surface area contributed by atoms with Crippen LogP contribution in [0.1, 0.15) is 26.7 Å². The average Bonchev–Trinajstić information content (AvgIpc) is 2.79. The Labute approximate surface area is 186 Å². The molecule has 0 atom stereocenters. The molecule has 0 radical (unpaired) electrons. The molecule has 0 aliphatic carbocycles. The van der Waals surface area contributed by atoms with Gasteiger partial charge in [-0.25, -0.2) is 13.4 Å². The standard InChI is InChI=1S/C21H25N3O7S/c1-3-30-21(25)15-10-13-23(14-11-15)20-19(24(26)27)18(9-12-22-20)31-16-5-7-17(8-6-16)32(28,29)4-2/h5-9,12,15H,3-4,10-11,13-14H2,1-2H3. The zero-order valence-electron chi connectivity index (χ0n) is 17.9. The number of ether oxygens (including phenoxy) is 2. The maximum absolute atomic E-state index is 12.0. The molecule has 1 fully saturated rings. The van der Waals surface area contributed by atoms with E-state index >= 15 is 0 Å². The van der Waals surface area contributed by atoms with Crippen molar-refractivity contribution in [3.63, 3.8) is 0 Å². The van der Waals surface area contributed by atoms with Crippen LogP contribution in [-0.2, 0) is 19.4 Å². The second-order valence-corrected chi connectivity index (χ2v) is 9.51. The van der Waals surface area contributed by atoms with Crippen molar-refractivity contribution in [3.05, 3.63) is 46.6 Å². The Morgan fingerprint density at radius 1 is 1.19 bits per heavy atom. The zero-order valence-corrected chi connectivity index (χ0v) is 18.7. The third-order valence-corrected chi connectivity index (χ3v) is 7.01. The highest BCUT2D eigenvalue weighted by Crippen LogP contribution is 2.39. The van der Waals surface area contributed by atoms with Crippen LogP contribution >= 0.6 is 0 Å². The van der Waals surface area contributed by atoms with Crippen molar-refractivity contribution >= 4 is 27.3 Å². The molecule has 2 aromatic rings. The molecule has 32 heavy (non-hydrogen) atoms. The fourth-order valence-electron chi connectivity index (χ4n) is 3.51. The maximum Gasteiger partial charge on any atom is 0.353 e. The smallest absolute Gasteiger partial charge is 0.353 e. The predicted molar refractivity (Wildman–Crippen MR) is 117 cm³/mol. The number of carbonyl (C=O) groups excluding carboxylic acids is 1. The number of nitro groups is 1. The number of piperidine rings is 1. The van der Waals surface area contributed by atoms with E-state index in [0.717, 1.165) is 0 Å². The zero-order chi connectivity index (χ0) is 23.3. The van der Waals surface area contributed by atoms with Crippen molar-refractivity contribution in [2.75, 3.05) is 30.3 Å². The Hall–Kier alpha value is -3.21. The van der Waals surface area contributed by atoms with Gasteiger partial charge in [0, 0.05) is 25.4 Å². The summed E-state index contributed by atoms with van der Waals surface area (Å²) < 4.78 is 34.7. The summed E-state index contributed by atoms with van der Waals surface area (Å²) >= 11 is 0. The number of sulfone groups is 1. The van der Waals surface area contributed by atoms with Gasteiger partial charge in [-0.3, -0.25) is 14.9 Å². The Kier molecular flexibility index (Phi) is 7.29. The third kappa shape index (κ3) is 5.16. The van der Waals surface area contributed by atoms with Gasteiger partial charge in [0.25, 0.3) is 0 Å². The van der Waals surface area contributed by atoms with Crippen LogP contribution < -0.4 is 9.64 Å². The van der Waals surface area contributed by atoms with E-state index in [9.17, 15) is 23.3 Å². The Balaban J connectivity index is 1.82. The van der Waals surface area contributed by atoms with Crippen LogP contribution in [0.5, 0.6) is 11.5 Å². The minimum atomic E-state index is -3.36. The Morgan fingerprint density at radius 2 is 1.84 bits per heavy atom. The summed E-state index contributed by atoms with van der Waals surface area (Å²) in [6.07, 6.45) is 2.44. The number of hydrogen-bond acceptors (Lipinski definition) is 9. The van der Waals surface area contributed by atoms with Crippen LogP contribution in [0.3, 0.4) is 0 Å². The van der Waals surface area contributed by atoms with E-state index in [4.69, 9.17) is 9.47 Å². The molecule has 0 amide bonds. The highest BCUT2D eigenvalue weighted by Gasteiger charge is 2.32. The van der Waals surface area contributed by atoms with E-state index in [2.05, 4.69) is 4.98 Å². The number of rotatable bonds is 8. The van der Waals surface area contributed by atoms with Crippen LogP contribution in [0, 0.1) is 16.0 Å². The predicted octanol–water partition coefficient (Wildman–Crippen LogP) is 3.36. The van der Waals surface area contributed by atoms with E-state index in [1.807, 2.05) is 0 Å². The third-order valence-electron chi connectivity index (χ3n) is 5.26. The normalized spacial score (nSPS) is 14.8. The lowest BCUT2D eigenvalue weighted by molar-refractivity contribution is -0.385. The average molecular weight is 464 g/mol. The summed E-state index contributed by atoms with van der Waals surface area (Å²) in [4.78, 5) is 29.4. The number of anilines is 1. The van der Waals surface area contributed by atoms with E-state index in [1.165, 1.54) is 36.5 Å². The first-order valence-corrected chi connectivity index (χ1v) is 12.0. The van der Waals surface area contributed by atoms with E-state index < -0.39 is 14.8 Å². The molecular weight excluding hydrogens is 438 g/mol.